The van der Waals surface area contributed by atoms with Crippen molar-refractivity contribution in [2.45, 2.75) is 44.4 Å². The Hall–Kier alpha value is -1.06. The Bertz CT molecular complexity index is 659. The van der Waals surface area contributed by atoms with Crippen LogP contribution in [0, 0.1) is 12.8 Å². The predicted octanol–water partition coefficient (Wildman–Crippen LogP) is 6.86. The van der Waals surface area contributed by atoms with Gasteiger partial charge in [0.25, 0.3) is 0 Å². The summed E-state index contributed by atoms with van der Waals surface area (Å²) in [6.45, 7) is 2.76. The Labute approximate surface area is 160 Å². The molecule has 0 radical (unpaired) electrons. The van der Waals surface area contributed by atoms with Crippen LogP contribution in [0.4, 0.5) is 0 Å². The third-order valence-electron chi connectivity index (χ3n) is 5.01. The summed E-state index contributed by atoms with van der Waals surface area (Å²) in [6.07, 6.45) is 8.50. The molecule has 3 rings (SSSR count). The second kappa shape index (κ2) is 9.05. The number of benzene rings is 1. The van der Waals surface area contributed by atoms with Gasteiger partial charge in [0.1, 0.15) is 17.3 Å². The van der Waals surface area contributed by atoms with Gasteiger partial charge in [0.05, 0.1) is 12.0 Å². The molecule has 2 aromatic rings. The van der Waals surface area contributed by atoms with E-state index in [0.717, 1.165) is 40.8 Å². The van der Waals surface area contributed by atoms with E-state index >= 15 is 0 Å². The van der Waals surface area contributed by atoms with Gasteiger partial charge in [-0.1, -0.05) is 19.3 Å². The van der Waals surface area contributed by atoms with Crippen molar-refractivity contribution in [2.24, 2.45) is 5.92 Å². The number of furan rings is 1. The molecular formula is C21H27ClO2S. The monoisotopic (exact) mass is 378 g/mol. The number of ether oxygens (including phenoxy) is 1. The molecule has 0 spiro atoms. The molecule has 0 saturated heterocycles. The summed E-state index contributed by atoms with van der Waals surface area (Å²) in [5, 5.41) is 0.0620. The lowest BCUT2D eigenvalue weighted by molar-refractivity contribution is 0.344. The fourth-order valence-corrected chi connectivity index (χ4v) is 4.27. The van der Waals surface area contributed by atoms with Crippen molar-refractivity contribution >= 4 is 23.4 Å². The largest absolute Gasteiger partial charge is 0.493 e. The summed E-state index contributed by atoms with van der Waals surface area (Å²) in [7, 11) is 0. The van der Waals surface area contributed by atoms with Crippen molar-refractivity contribution in [1.82, 2.24) is 0 Å². The summed E-state index contributed by atoms with van der Waals surface area (Å²) in [5.41, 5.74) is 2.22. The van der Waals surface area contributed by atoms with E-state index in [1.54, 1.807) is 11.8 Å². The highest BCUT2D eigenvalue weighted by molar-refractivity contribution is 7.98. The van der Waals surface area contributed by atoms with E-state index in [1.807, 2.05) is 19.1 Å². The second-order valence-corrected chi connectivity index (χ2v) is 8.24. The predicted molar refractivity (Wildman–Crippen MR) is 108 cm³/mol. The molecule has 1 aliphatic carbocycles. The highest BCUT2D eigenvalue weighted by Crippen LogP contribution is 2.42. The molecule has 0 amide bonds. The minimum Gasteiger partial charge on any atom is -0.493 e. The number of halogens is 1. The van der Waals surface area contributed by atoms with Crippen LogP contribution in [0.2, 0.25) is 0 Å². The average molecular weight is 379 g/mol. The van der Waals surface area contributed by atoms with Crippen LogP contribution in [-0.2, 0) is 0 Å². The van der Waals surface area contributed by atoms with Crippen LogP contribution in [0.15, 0.2) is 34.7 Å². The lowest BCUT2D eigenvalue weighted by Crippen LogP contribution is -2.12. The second-order valence-electron chi connectivity index (χ2n) is 6.79. The zero-order valence-corrected chi connectivity index (χ0v) is 16.7. The molecule has 2 nitrogen and oxygen atoms in total. The molecular weight excluding hydrogens is 352 g/mol. The van der Waals surface area contributed by atoms with Gasteiger partial charge in [-0.2, -0.15) is 11.8 Å². The molecule has 136 valence electrons. The molecule has 1 aromatic carbocycles. The van der Waals surface area contributed by atoms with Crippen LogP contribution in [0.3, 0.4) is 0 Å². The van der Waals surface area contributed by atoms with Gasteiger partial charge in [0.2, 0.25) is 0 Å². The van der Waals surface area contributed by atoms with Crippen molar-refractivity contribution in [3.8, 4) is 17.1 Å². The molecule has 1 aliphatic rings. The maximum Gasteiger partial charge on any atom is 0.134 e. The van der Waals surface area contributed by atoms with Crippen LogP contribution in [-0.4, -0.2) is 18.6 Å². The first-order valence-corrected chi connectivity index (χ1v) is 11.0. The molecule has 0 aliphatic heterocycles. The number of hydrogen-bond donors (Lipinski definition) is 0. The van der Waals surface area contributed by atoms with Gasteiger partial charge < -0.3 is 9.15 Å². The summed E-state index contributed by atoms with van der Waals surface area (Å²) in [5.74, 6) is 4.32. The van der Waals surface area contributed by atoms with Crippen molar-refractivity contribution < 1.29 is 9.15 Å². The molecule has 1 aromatic heterocycles. The number of thioether (sulfide) groups is 1. The number of rotatable bonds is 7. The topological polar surface area (TPSA) is 22.4 Å². The molecule has 1 fully saturated rings. The maximum absolute atomic E-state index is 6.81. The van der Waals surface area contributed by atoms with Crippen molar-refractivity contribution in [2.75, 3.05) is 18.6 Å². The molecule has 1 atom stereocenters. The minimum atomic E-state index is 0.0620. The normalized spacial score (nSPS) is 16.8. The first-order chi connectivity index (χ1) is 12.2. The maximum atomic E-state index is 6.81. The van der Waals surface area contributed by atoms with E-state index in [1.165, 1.54) is 32.1 Å². The van der Waals surface area contributed by atoms with Crippen LogP contribution in [0.1, 0.15) is 48.8 Å². The summed E-state index contributed by atoms with van der Waals surface area (Å²) < 4.78 is 11.7. The molecule has 1 heterocycles. The van der Waals surface area contributed by atoms with Crippen LogP contribution >= 0.6 is 23.4 Å². The number of alkyl halides is 1. The van der Waals surface area contributed by atoms with Crippen molar-refractivity contribution in [3.63, 3.8) is 0 Å². The van der Waals surface area contributed by atoms with Gasteiger partial charge in [-0.15, -0.1) is 11.6 Å². The number of hydrogen-bond acceptors (Lipinski definition) is 3. The van der Waals surface area contributed by atoms with Gasteiger partial charge in [-0.25, -0.2) is 0 Å². The zero-order chi connectivity index (χ0) is 17.6. The van der Waals surface area contributed by atoms with E-state index in [9.17, 15) is 0 Å². The average Bonchev–Trinajstić information content (AvgIpc) is 3.04. The number of aryl methyl sites for hydroxylation is 1. The van der Waals surface area contributed by atoms with E-state index in [4.69, 9.17) is 20.8 Å². The lowest BCUT2D eigenvalue weighted by atomic mass is 9.84. The molecule has 4 heteroatoms. The third-order valence-corrected chi connectivity index (χ3v) is 6.18. The first-order valence-electron chi connectivity index (χ1n) is 9.15. The summed E-state index contributed by atoms with van der Waals surface area (Å²) in [4.78, 5) is 0. The standard InChI is InChI=1S/C21H27ClO2S/c1-15-19(21(22)17-6-4-3-5-7-17)14-20(24-15)16-8-10-18(11-9-16)23-12-13-25-2/h8-11,14,17,21H,3-7,12-13H2,1-2H3. The smallest absolute Gasteiger partial charge is 0.134 e. The zero-order valence-electron chi connectivity index (χ0n) is 15.1. The Kier molecular flexibility index (Phi) is 6.77. The SMILES string of the molecule is CSCCOc1ccc(-c2cc(C(Cl)C3CCCCC3)c(C)o2)cc1. The van der Waals surface area contributed by atoms with Gasteiger partial charge in [-0.05, 0) is 62.3 Å². The van der Waals surface area contributed by atoms with Crippen molar-refractivity contribution in [3.05, 3.63) is 41.7 Å². The molecule has 0 bridgehead atoms. The van der Waals surface area contributed by atoms with Crippen LogP contribution in [0.25, 0.3) is 11.3 Å². The Morgan fingerprint density at radius 3 is 2.60 bits per heavy atom. The Morgan fingerprint density at radius 1 is 1.20 bits per heavy atom. The van der Waals surface area contributed by atoms with Crippen LogP contribution in [0.5, 0.6) is 5.75 Å². The third kappa shape index (κ3) is 4.77. The van der Waals surface area contributed by atoms with E-state index < -0.39 is 0 Å². The fraction of sp³-hybridized carbons (Fsp3) is 0.524. The highest BCUT2D eigenvalue weighted by atomic mass is 35.5. The lowest BCUT2D eigenvalue weighted by Gasteiger charge is -2.25. The van der Waals surface area contributed by atoms with Gasteiger partial charge in [-0.3, -0.25) is 0 Å². The quantitative estimate of drug-likeness (QED) is 0.388. The van der Waals surface area contributed by atoms with Gasteiger partial charge in [0, 0.05) is 16.9 Å². The van der Waals surface area contributed by atoms with E-state index in [2.05, 4.69) is 24.5 Å². The molecule has 25 heavy (non-hydrogen) atoms. The van der Waals surface area contributed by atoms with Gasteiger partial charge >= 0.3 is 0 Å². The summed E-state index contributed by atoms with van der Waals surface area (Å²) in [6, 6.07) is 10.3. The van der Waals surface area contributed by atoms with Crippen LogP contribution < -0.4 is 4.74 Å². The Balaban J connectivity index is 1.70. The summed E-state index contributed by atoms with van der Waals surface area (Å²) >= 11 is 8.59. The minimum absolute atomic E-state index is 0.0620. The highest BCUT2D eigenvalue weighted by Gasteiger charge is 2.26. The molecule has 0 N–H and O–H groups in total. The molecule has 1 saturated carbocycles. The first kappa shape index (κ1) is 18.7. The van der Waals surface area contributed by atoms with Crippen molar-refractivity contribution in [1.29, 1.82) is 0 Å². The fourth-order valence-electron chi connectivity index (χ4n) is 3.55. The van der Waals surface area contributed by atoms with E-state index in [-0.39, 0.29) is 5.38 Å². The Morgan fingerprint density at radius 2 is 1.92 bits per heavy atom. The molecule has 1 unspecified atom stereocenters. The van der Waals surface area contributed by atoms with Gasteiger partial charge in [0.15, 0.2) is 0 Å². The van der Waals surface area contributed by atoms with E-state index in [0.29, 0.717) is 5.92 Å².